The summed E-state index contributed by atoms with van der Waals surface area (Å²) >= 11 is 0. The summed E-state index contributed by atoms with van der Waals surface area (Å²) in [6, 6.07) is 0. The van der Waals surface area contributed by atoms with Crippen LogP contribution >= 0.6 is 0 Å². The lowest BCUT2D eigenvalue weighted by Crippen LogP contribution is -2.40. The van der Waals surface area contributed by atoms with E-state index in [0.29, 0.717) is 11.3 Å². The highest BCUT2D eigenvalue weighted by atomic mass is 14.6. The number of hydrogen-bond donors (Lipinski definition) is 0. The van der Waals surface area contributed by atoms with E-state index in [1.165, 1.54) is 64.2 Å². The van der Waals surface area contributed by atoms with Gasteiger partial charge in [-0.15, -0.1) is 12.3 Å². The summed E-state index contributed by atoms with van der Waals surface area (Å²) in [5, 5.41) is 0. The summed E-state index contributed by atoms with van der Waals surface area (Å²) in [4.78, 5) is 0. The van der Waals surface area contributed by atoms with E-state index in [9.17, 15) is 0 Å². The van der Waals surface area contributed by atoms with Gasteiger partial charge in [0.05, 0.1) is 0 Å². The predicted molar refractivity (Wildman–Crippen MR) is 84.1 cm³/mol. The van der Waals surface area contributed by atoms with E-state index in [1.54, 1.807) is 0 Å². The summed E-state index contributed by atoms with van der Waals surface area (Å²) in [5.74, 6) is 6.49. The molecule has 0 bridgehead atoms. The highest BCUT2D eigenvalue weighted by Gasteiger charge is 2.53. The van der Waals surface area contributed by atoms with Crippen LogP contribution in [-0.4, -0.2) is 0 Å². The van der Waals surface area contributed by atoms with Crippen molar-refractivity contribution in [2.45, 2.75) is 71.1 Å². The van der Waals surface area contributed by atoms with E-state index in [2.05, 4.69) is 12.8 Å². The first-order valence-electron chi connectivity index (χ1n) is 8.92. The Kier molecular flexibility index (Phi) is 3.03. The molecule has 20 heavy (non-hydrogen) atoms. The summed E-state index contributed by atoms with van der Waals surface area (Å²) in [5.41, 5.74) is 4.32. The molecule has 0 spiro atoms. The van der Waals surface area contributed by atoms with E-state index in [4.69, 9.17) is 6.42 Å². The maximum absolute atomic E-state index is 5.84. The Morgan fingerprint density at radius 1 is 1.00 bits per heavy atom. The van der Waals surface area contributed by atoms with Crippen LogP contribution in [-0.2, 0) is 0 Å². The minimum atomic E-state index is 0.463. The summed E-state index contributed by atoms with van der Waals surface area (Å²) in [6.07, 6.45) is 20.1. The Balaban J connectivity index is 1.69. The highest BCUT2D eigenvalue weighted by molar-refractivity contribution is 5.29. The molecule has 0 heteroatoms. The summed E-state index contributed by atoms with van der Waals surface area (Å²) < 4.78 is 0. The molecule has 3 saturated carbocycles. The number of fused-ring (bicyclic) bond motifs is 4. The van der Waals surface area contributed by atoms with Crippen molar-refractivity contribution in [2.75, 3.05) is 0 Å². The van der Waals surface area contributed by atoms with Crippen molar-refractivity contribution in [3.8, 4) is 12.3 Å². The van der Waals surface area contributed by atoms with Gasteiger partial charge in [0.15, 0.2) is 0 Å². The second-order valence-corrected chi connectivity index (χ2v) is 8.09. The number of hydrogen-bond acceptors (Lipinski definition) is 0. The van der Waals surface area contributed by atoms with E-state index in [1.807, 2.05) is 11.1 Å². The monoisotopic (exact) mass is 268 g/mol. The third kappa shape index (κ3) is 1.68. The van der Waals surface area contributed by atoms with Gasteiger partial charge in [-0.25, -0.2) is 0 Å². The van der Waals surface area contributed by atoms with Gasteiger partial charge in [-0.2, -0.15) is 0 Å². The third-order valence-electron chi connectivity index (χ3n) is 7.46. The molecule has 0 amide bonds. The van der Waals surface area contributed by atoms with E-state index in [-0.39, 0.29) is 0 Å². The zero-order valence-corrected chi connectivity index (χ0v) is 13.0. The first-order chi connectivity index (χ1) is 9.74. The molecule has 0 nitrogen and oxygen atoms in total. The maximum Gasteiger partial charge on any atom is 0.0257 e. The molecule has 4 aliphatic carbocycles. The zero-order valence-electron chi connectivity index (χ0n) is 13.0. The average molecular weight is 268 g/mol. The van der Waals surface area contributed by atoms with Crippen LogP contribution in [0.25, 0.3) is 0 Å². The van der Waals surface area contributed by atoms with Gasteiger partial charge in [-0.05, 0) is 81.0 Å². The van der Waals surface area contributed by atoms with E-state index >= 15 is 0 Å². The third-order valence-corrected chi connectivity index (χ3v) is 7.46. The van der Waals surface area contributed by atoms with Crippen LogP contribution in [0.2, 0.25) is 0 Å². The zero-order chi connectivity index (χ0) is 13.7. The van der Waals surface area contributed by atoms with Crippen molar-refractivity contribution in [1.29, 1.82) is 0 Å². The van der Waals surface area contributed by atoms with Gasteiger partial charge in [0.1, 0.15) is 0 Å². The number of terminal acetylenes is 1. The van der Waals surface area contributed by atoms with Gasteiger partial charge >= 0.3 is 0 Å². The molecule has 5 atom stereocenters. The first-order valence-corrected chi connectivity index (χ1v) is 8.92. The van der Waals surface area contributed by atoms with Crippen molar-refractivity contribution in [1.82, 2.24) is 0 Å². The molecule has 108 valence electrons. The van der Waals surface area contributed by atoms with Crippen LogP contribution in [0.3, 0.4) is 0 Å². The Hall–Kier alpha value is -0.700. The van der Waals surface area contributed by atoms with Crippen molar-refractivity contribution in [2.24, 2.45) is 29.1 Å². The molecule has 0 saturated heterocycles. The maximum atomic E-state index is 5.84. The van der Waals surface area contributed by atoms with Gasteiger partial charge in [-0.3, -0.25) is 0 Å². The van der Waals surface area contributed by atoms with Crippen LogP contribution < -0.4 is 0 Å². The molecule has 4 aliphatic rings. The Morgan fingerprint density at radius 3 is 2.75 bits per heavy atom. The summed E-state index contributed by atoms with van der Waals surface area (Å²) in [7, 11) is 0. The Labute approximate surface area is 124 Å². The number of allylic oxidation sites excluding steroid dienone is 2. The minimum Gasteiger partial charge on any atom is -0.120 e. The van der Waals surface area contributed by atoms with Gasteiger partial charge < -0.3 is 0 Å². The fourth-order valence-electron chi connectivity index (χ4n) is 6.37. The quantitative estimate of drug-likeness (QED) is 0.411. The van der Waals surface area contributed by atoms with Crippen molar-refractivity contribution in [3.63, 3.8) is 0 Å². The Morgan fingerprint density at radius 2 is 1.90 bits per heavy atom. The molecule has 1 unspecified atom stereocenters. The van der Waals surface area contributed by atoms with Gasteiger partial charge in [-0.1, -0.05) is 24.5 Å². The fraction of sp³-hybridized carbons (Fsp3) is 0.800. The first kappa shape index (κ1) is 13.0. The molecular weight excluding hydrogens is 240 g/mol. The Bertz CT molecular complexity index is 477. The lowest BCUT2D eigenvalue weighted by atomic mass is 9.55. The second kappa shape index (κ2) is 4.66. The molecule has 0 heterocycles. The molecule has 0 aromatic heterocycles. The van der Waals surface area contributed by atoms with Crippen LogP contribution in [0.1, 0.15) is 71.1 Å². The topological polar surface area (TPSA) is 0 Å². The van der Waals surface area contributed by atoms with Gasteiger partial charge in [0.25, 0.3) is 0 Å². The van der Waals surface area contributed by atoms with Crippen molar-refractivity contribution >= 4 is 0 Å². The van der Waals surface area contributed by atoms with Gasteiger partial charge in [0, 0.05) is 5.92 Å². The minimum absolute atomic E-state index is 0.463. The van der Waals surface area contributed by atoms with Crippen LogP contribution in [0, 0.1) is 41.4 Å². The second-order valence-electron chi connectivity index (χ2n) is 8.09. The van der Waals surface area contributed by atoms with Crippen LogP contribution in [0.4, 0.5) is 0 Å². The molecule has 0 aromatic rings. The highest BCUT2D eigenvalue weighted by Crippen LogP contribution is 2.62. The standard InChI is InChI=1S/C20H28/c1-3-15-9-11-19-18-10-8-14-6-4-5-7-16(14)17(18)12-13-20(15,19)2/h1,14-15,18-19H,4-13H2,2H3/t14?,15-,18-,19+,20-/m1/s1. The van der Waals surface area contributed by atoms with Gasteiger partial charge in [0.2, 0.25) is 0 Å². The van der Waals surface area contributed by atoms with E-state index < -0.39 is 0 Å². The molecule has 4 rings (SSSR count). The van der Waals surface area contributed by atoms with Crippen LogP contribution in [0.5, 0.6) is 0 Å². The average Bonchev–Trinajstić information content (AvgIpc) is 2.83. The normalized spacial score (nSPS) is 47.2. The smallest absolute Gasteiger partial charge is 0.0257 e. The van der Waals surface area contributed by atoms with Crippen LogP contribution in [0.15, 0.2) is 11.1 Å². The molecule has 0 aromatic carbocycles. The van der Waals surface area contributed by atoms with Crippen molar-refractivity contribution < 1.29 is 0 Å². The SMILES string of the molecule is C#C[C@@H]1CC[C@H]2[C@@H]3CCC4CCCCC4=C3CC[C@]12C. The molecule has 3 fully saturated rings. The number of rotatable bonds is 0. The molecular formula is C20H28. The fourth-order valence-corrected chi connectivity index (χ4v) is 6.37. The van der Waals surface area contributed by atoms with E-state index in [0.717, 1.165) is 17.8 Å². The summed E-state index contributed by atoms with van der Waals surface area (Å²) in [6.45, 7) is 2.52. The molecule has 0 N–H and O–H groups in total. The largest absolute Gasteiger partial charge is 0.120 e. The predicted octanol–water partition coefficient (Wildman–Crippen LogP) is 5.34. The van der Waals surface area contributed by atoms with Crippen molar-refractivity contribution in [3.05, 3.63) is 11.1 Å². The molecule has 0 radical (unpaired) electrons. The molecule has 0 aliphatic heterocycles. The lowest BCUT2D eigenvalue weighted by molar-refractivity contribution is 0.0866. The lowest BCUT2D eigenvalue weighted by Gasteiger charge is -2.49.